The van der Waals surface area contributed by atoms with E-state index in [0.717, 1.165) is 13.0 Å². The quantitative estimate of drug-likeness (QED) is 0.798. The molecule has 0 bridgehead atoms. The van der Waals surface area contributed by atoms with Crippen LogP contribution in [0.4, 0.5) is 0 Å². The maximum absolute atomic E-state index is 9.37. The summed E-state index contributed by atoms with van der Waals surface area (Å²) in [4.78, 5) is 2.22. The van der Waals surface area contributed by atoms with Crippen LogP contribution in [0.5, 0.6) is 5.75 Å². The van der Waals surface area contributed by atoms with Crippen molar-refractivity contribution in [1.29, 1.82) is 0 Å². The Bertz CT molecular complexity index is 309. The van der Waals surface area contributed by atoms with Crippen molar-refractivity contribution in [3.8, 4) is 5.75 Å². The summed E-state index contributed by atoms with van der Waals surface area (Å²) < 4.78 is 0. The van der Waals surface area contributed by atoms with Gasteiger partial charge in [0.2, 0.25) is 0 Å². The predicted octanol–water partition coefficient (Wildman–Crippen LogP) is 2.91. The third-order valence-electron chi connectivity index (χ3n) is 2.80. The number of rotatable bonds is 6. The third-order valence-corrected chi connectivity index (χ3v) is 2.80. The van der Waals surface area contributed by atoms with Crippen LogP contribution in [0.15, 0.2) is 24.3 Å². The van der Waals surface area contributed by atoms with Crippen molar-refractivity contribution in [2.45, 2.75) is 26.2 Å². The average Bonchev–Trinajstić information content (AvgIpc) is 2.16. The Morgan fingerprint density at radius 3 is 2.69 bits per heavy atom. The van der Waals surface area contributed by atoms with E-state index in [2.05, 4.69) is 32.0 Å². The van der Waals surface area contributed by atoms with Crippen LogP contribution in [0, 0.1) is 5.92 Å². The molecule has 0 fully saturated rings. The van der Waals surface area contributed by atoms with Gasteiger partial charge in [-0.15, -0.1) is 0 Å². The highest BCUT2D eigenvalue weighted by molar-refractivity contribution is 5.27. The van der Waals surface area contributed by atoms with Gasteiger partial charge < -0.3 is 10.0 Å². The Hall–Kier alpha value is -1.02. The third kappa shape index (κ3) is 5.17. The summed E-state index contributed by atoms with van der Waals surface area (Å²) in [7, 11) is 4.22. The van der Waals surface area contributed by atoms with Crippen LogP contribution in [-0.2, 0) is 6.42 Å². The van der Waals surface area contributed by atoms with E-state index in [1.54, 1.807) is 6.07 Å². The van der Waals surface area contributed by atoms with Gasteiger partial charge in [0, 0.05) is 0 Å². The molecule has 0 amide bonds. The molecule has 1 aromatic carbocycles. The predicted molar refractivity (Wildman–Crippen MR) is 68.8 cm³/mol. The molecule has 0 aromatic heterocycles. The summed E-state index contributed by atoms with van der Waals surface area (Å²) in [6, 6.07) is 7.59. The Morgan fingerprint density at radius 2 is 2.06 bits per heavy atom. The molecule has 2 heteroatoms. The molecular weight excluding hydrogens is 198 g/mol. The van der Waals surface area contributed by atoms with E-state index in [9.17, 15) is 5.11 Å². The summed E-state index contributed by atoms with van der Waals surface area (Å²) in [6.45, 7) is 3.43. The second kappa shape index (κ2) is 6.54. The van der Waals surface area contributed by atoms with E-state index < -0.39 is 0 Å². The average molecular weight is 221 g/mol. The minimum atomic E-state index is 0.373. The van der Waals surface area contributed by atoms with Crippen LogP contribution < -0.4 is 0 Å². The normalized spacial score (nSPS) is 13.0. The SMILES string of the molecule is C[C@H](CCCN(C)C)Cc1cccc(O)c1. The highest BCUT2D eigenvalue weighted by Crippen LogP contribution is 2.17. The van der Waals surface area contributed by atoms with E-state index in [-0.39, 0.29) is 0 Å². The molecule has 0 unspecified atom stereocenters. The molecule has 0 aliphatic carbocycles. The van der Waals surface area contributed by atoms with Gasteiger partial charge >= 0.3 is 0 Å². The Balaban J connectivity index is 2.31. The minimum Gasteiger partial charge on any atom is -0.508 e. The van der Waals surface area contributed by atoms with Crippen molar-refractivity contribution < 1.29 is 5.11 Å². The fourth-order valence-electron chi connectivity index (χ4n) is 1.94. The van der Waals surface area contributed by atoms with Crippen LogP contribution in [0.1, 0.15) is 25.3 Å². The van der Waals surface area contributed by atoms with E-state index >= 15 is 0 Å². The van der Waals surface area contributed by atoms with Crippen LogP contribution >= 0.6 is 0 Å². The van der Waals surface area contributed by atoms with Gasteiger partial charge in [-0.05, 0) is 63.5 Å². The van der Waals surface area contributed by atoms with E-state index in [4.69, 9.17) is 0 Å². The van der Waals surface area contributed by atoms with E-state index in [1.165, 1.54) is 18.4 Å². The van der Waals surface area contributed by atoms with Crippen molar-refractivity contribution in [2.24, 2.45) is 5.92 Å². The van der Waals surface area contributed by atoms with Crippen molar-refractivity contribution in [1.82, 2.24) is 4.90 Å². The first-order chi connectivity index (χ1) is 7.58. The lowest BCUT2D eigenvalue weighted by Crippen LogP contribution is -2.14. The van der Waals surface area contributed by atoms with Crippen molar-refractivity contribution in [2.75, 3.05) is 20.6 Å². The number of phenols is 1. The van der Waals surface area contributed by atoms with Gasteiger partial charge in [0.15, 0.2) is 0 Å². The summed E-state index contributed by atoms with van der Waals surface area (Å²) in [5.41, 5.74) is 1.23. The molecule has 0 aliphatic heterocycles. The second-order valence-corrected chi connectivity index (χ2v) is 4.92. The standard InChI is InChI=1S/C14H23NO/c1-12(6-5-9-15(2)3)10-13-7-4-8-14(16)11-13/h4,7-8,11-12,16H,5-6,9-10H2,1-3H3/t12-/m1/s1. The van der Waals surface area contributed by atoms with Crippen LogP contribution in [0.25, 0.3) is 0 Å². The molecule has 1 N–H and O–H groups in total. The lowest BCUT2D eigenvalue weighted by molar-refractivity contribution is 0.372. The molecule has 16 heavy (non-hydrogen) atoms. The van der Waals surface area contributed by atoms with Crippen molar-refractivity contribution >= 4 is 0 Å². The van der Waals surface area contributed by atoms with Crippen molar-refractivity contribution in [3.05, 3.63) is 29.8 Å². The van der Waals surface area contributed by atoms with Gasteiger partial charge in [0.05, 0.1) is 0 Å². The lowest BCUT2D eigenvalue weighted by Gasteiger charge is -2.14. The van der Waals surface area contributed by atoms with Gasteiger partial charge in [-0.25, -0.2) is 0 Å². The second-order valence-electron chi connectivity index (χ2n) is 4.92. The molecule has 90 valence electrons. The van der Waals surface area contributed by atoms with Crippen LogP contribution in [-0.4, -0.2) is 30.6 Å². The number of nitrogens with zero attached hydrogens (tertiary/aromatic N) is 1. The fourth-order valence-corrected chi connectivity index (χ4v) is 1.94. The smallest absolute Gasteiger partial charge is 0.115 e. The first-order valence-corrected chi connectivity index (χ1v) is 6.00. The highest BCUT2D eigenvalue weighted by atomic mass is 16.3. The number of aromatic hydroxyl groups is 1. The zero-order valence-corrected chi connectivity index (χ0v) is 10.6. The number of phenolic OH excluding ortho intramolecular Hbond substituents is 1. The molecule has 0 spiro atoms. The largest absolute Gasteiger partial charge is 0.508 e. The molecule has 0 heterocycles. The molecule has 1 atom stereocenters. The molecule has 0 saturated carbocycles. The van der Waals surface area contributed by atoms with E-state index in [1.807, 2.05) is 12.1 Å². The lowest BCUT2D eigenvalue weighted by atomic mass is 9.96. The van der Waals surface area contributed by atoms with Gasteiger partial charge in [-0.2, -0.15) is 0 Å². The van der Waals surface area contributed by atoms with Gasteiger partial charge in [-0.3, -0.25) is 0 Å². The topological polar surface area (TPSA) is 23.5 Å². The van der Waals surface area contributed by atoms with Gasteiger partial charge in [0.1, 0.15) is 5.75 Å². The van der Waals surface area contributed by atoms with Crippen LogP contribution in [0.2, 0.25) is 0 Å². The maximum Gasteiger partial charge on any atom is 0.115 e. The first kappa shape index (κ1) is 13.0. The summed E-state index contributed by atoms with van der Waals surface area (Å²) in [6.07, 6.45) is 3.54. The Kier molecular flexibility index (Phi) is 5.33. The van der Waals surface area contributed by atoms with Crippen LogP contribution in [0.3, 0.4) is 0 Å². The van der Waals surface area contributed by atoms with Crippen molar-refractivity contribution in [3.63, 3.8) is 0 Å². The maximum atomic E-state index is 9.37. The molecule has 0 aliphatic rings. The Labute approximate surface area is 98.9 Å². The molecule has 1 rings (SSSR count). The Morgan fingerprint density at radius 1 is 1.31 bits per heavy atom. The molecule has 1 aromatic rings. The number of hydrogen-bond donors (Lipinski definition) is 1. The molecule has 0 radical (unpaired) electrons. The highest BCUT2D eigenvalue weighted by Gasteiger charge is 2.04. The van der Waals surface area contributed by atoms with Gasteiger partial charge in [0.25, 0.3) is 0 Å². The number of hydrogen-bond acceptors (Lipinski definition) is 2. The minimum absolute atomic E-state index is 0.373. The first-order valence-electron chi connectivity index (χ1n) is 6.00. The monoisotopic (exact) mass is 221 g/mol. The molecule has 0 saturated heterocycles. The summed E-state index contributed by atoms with van der Waals surface area (Å²) in [5.74, 6) is 1.06. The molecular formula is C14H23NO. The molecule has 2 nitrogen and oxygen atoms in total. The summed E-state index contributed by atoms with van der Waals surface area (Å²) in [5, 5.41) is 9.37. The fraction of sp³-hybridized carbons (Fsp3) is 0.571. The zero-order chi connectivity index (χ0) is 12.0. The number of benzene rings is 1. The summed E-state index contributed by atoms with van der Waals surface area (Å²) >= 11 is 0. The van der Waals surface area contributed by atoms with Gasteiger partial charge in [-0.1, -0.05) is 19.1 Å². The van der Waals surface area contributed by atoms with E-state index in [0.29, 0.717) is 11.7 Å². The zero-order valence-electron chi connectivity index (χ0n) is 10.6.